The summed E-state index contributed by atoms with van der Waals surface area (Å²) in [5, 5.41) is 1.02. The van der Waals surface area contributed by atoms with Crippen LogP contribution < -0.4 is 5.73 Å². The molecule has 0 amide bonds. The minimum Gasteiger partial charge on any atom is -0.398 e. The van der Waals surface area contributed by atoms with Gasteiger partial charge in [-0.3, -0.25) is 4.98 Å². The Morgan fingerprint density at radius 1 is 1.31 bits per heavy atom. The number of hydrogen-bond donors (Lipinski definition) is 1. The third-order valence-electron chi connectivity index (χ3n) is 2.13. The maximum Gasteiger partial charge on any atom is 0.0763 e. The lowest BCUT2D eigenvalue weighted by Crippen LogP contribution is -1.90. The predicted octanol–water partition coefficient (Wildman–Crippen LogP) is 2.89. The van der Waals surface area contributed by atoms with Crippen LogP contribution in [0.5, 0.6) is 0 Å². The summed E-state index contributed by atoms with van der Waals surface area (Å²) >= 11 is 3.46. The van der Waals surface area contributed by atoms with E-state index in [1.54, 1.807) is 6.20 Å². The van der Waals surface area contributed by atoms with Gasteiger partial charge >= 0.3 is 0 Å². The first-order valence-electron chi connectivity index (χ1n) is 3.99. The van der Waals surface area contributed by atoms with Gasteiger partial charge in [0.05, 0.1) is 5.52 Å². The Kier molecular flexibility index (Phi) is 1.96. The van der Waals surface area contributed by atoms with E-state index in [4.69, 9.17) is 5.73 Å². The number of rotatable bonds is 0. The molecule has 0 bridgehead atoms. The summed E-state index contributed by atoms with van der Waals surface area (Å²) in [6, 6.07) is 5.79. The Morgan fingerprint density at radius 2 is 2.08 bits per heavy atom. The zero-order valence-corrected chi connectivity index (χ0v) is 8.80. The summed E-state index contributed by atoms with van der Waals surface area (Å²) in [5.74, 6) is 0. The van der Waals surface area contributed by atoms with E-state index in [-0.39, 0.29) is 0 Å². The van der Waals surface area contributed by atoms with E-state index in [0.29, 0.717) is 0 Å². The van der Waals surface area contributed by atoms with Gasteiger partial charge < -0.3 is 5.73 Å². The molecule has 2 nitrogen and oxygen atoms in total. The molecule has 0 unspecified atom stereocenters. The molecular formula is C10H9BrN2. The second kappa shape index (κ2) is 3.00. The van der Waals surface area contributed by atoms with Crippen molar-refractivity contribution in [1.29, 1.82) is 0 Å². The van der Waals surface area contributed by atoms with Crippen molar-refractivity contribution in [2.75, 3.05) is 5.73 Å². The minimum absolute atomic E-state index is 0.778. The minimum atomic E-state index is 0.778. The average Bonchev–Trinajstić information content (AvgIpc) is 2.12. The van der Waals surface area contributed by atoms with Crippen molar-refractivity contribution in [3.63, 3.8) is 0 Å². The molecule has 0 atom stereocenters. The first-order valence-corrected chi connectivity index (χ1v) is 4.79. The summed E-state index contributed by atoms with van der Waals surface area (Å²) in [4.78, 5) is 4.29. The number of aryl methyl sites for hydroxylation is 1. The highest BCUT2D eigenvalue weighted by Crippen LogP contribution is 2.26. The van der Waals surface area contributed by atoms with Crippen molar-refractivity contribution >= 4 is 32.5 Å². The molecule has 0 saturated carbocycles. The van der Waals surface area contributed by atoms with Gasteiger partial charge in [-0.2, -0.15) is 0 Å². The number of nitrogens with zero attached hydrogens (tertiary/aromatic N) is 1. The molecule has 1 heterocycles. The first kappa shape index (κ1) is 8.51. The summed E-state index contributed by atoms with van der Waals surface area (Å²) in [6.07, 6.45) is 1.73. The maximum atomic E-state index is 5.82. The van der Waals surface area contributed by atoms with Gasteiger partial charge in [0.15, 0.2) is 0 Å². The number of hydrogen-bond acceptors (Lipinski definition) is 2. The van der Waals surface area contributed by atoms with E-state index >= 15 is 0 Å². The van der Waals surface area contributed by atoms with E-state index in [0.717, 1.165) is 26.6 Å². The highest BCUT2D eigenvalue weighted by Gasteiger charge is 2.03. The summed E-state index contributed by atoms with van der Waals surface area (Å²) in [7, 11) is 0. The molecule has 0 radical (unpaired) electrons. The lowest BCUT2D eigenvalue weighted by atomic mass is 10.1. The van der Waals surface area contributed by atoms with Gasteiger partial charge in [-0.15, -0.1) is 0 Å². The number of fused-ring (bicyclic) bond motifs is 1. The molecule has 3 heteroatoms. The quantitative estimate of drug-likeness (QED) is 0.765. The second-order valence-electron chi connectivity index (χ2n) is 2.97. The van der Waals surface area contributed by atoms with Crippen LogP contribution in [0.25, 0.3) is 10.9 Å². The van der Waals surface area contributed by atoms with Crippen molar-refractivity contribution in [2.45, 2.75) is 6.92 Å². The molecule has 0 aliphatic rings. The van der Waals surface area contributed by atoms with Crippen LogP contribution in [0.3, 0.4) is 0 Å². The lowest BCUT2D eigenvalue weighted by Gasteiger charge is -2.04. The number of pyridine rings is 1. The summed E-state index contributed by atoms with van der Waals surface area (Å²) < 4.78 is 1.07. The van der Waals surface area contributed by atoms with Crippen LogP contribution in [0.1, 0.15) is 5.56 Å². The Bertz CT molecular complexity index is 466. The van der Waals surface area contributed by atoms with Crippen molar-refractivity contribution in [2.24, 2.45) is 0 Å². The van der Waals surface area contributed by atoms with Crippen LogP contribution in [-0.2, 0) is 0 Å². The smallest absolute Gasteiger partial charge is 0.0763 e. The van der Waals surface area contributed by atoms with Gasteiger partial charge in [0.1, 0.15) is 0 Å². The van der Waals surface area contributed by atoms with Crippen LogP contribution in [0.2, 0.25) is 0 Å². The molecule has 0 spiro atoms. The molecule has 2 rings (SSSR count). The molecule has 0 fully saturated rings. The number of nitrogens with two attached hydrogens (primary N) is 1. The monoisotopic (exact) mass is 236 g/mol. The molecular weight excluding hydrogens is 228 g/mol. The molecule has 2 aromatic rings. The maximum absolute atomic E-state index is 5.82. The van der Waals surface area contributed by atoms with Crippen molar-refractivity contribution in [1.82, 2.24) is 4.98 Å². The third-order valence-corrected chi connectivity index (χ3v) is 2.99. The Labute approximate surface area is 84.9 Å². The predicted molar refractivity (Wildman–Crippen MR) is 58.6 cm³/mol. The SMILES string of the molecule is Cc1c(Br)ccc2c(N)ccnc12. The standard InChI is InChI=1S/C10H9BrN2/c1-6-8(11)3-2-7-9(12)4-5-13-10(6)7/h2-5H,1H3,(H2,12,13). The number of aromatic nitrogens is 1. The van der Waals surface area contributed by atoms with Crippen LogP contribution in [0, 0.1) is 6.92 Å². The van der Waals surface area contributed by atoms with Gasteiger partial charge in [-0.1, -0.05) is 15.9 Å². The van der Waals surface area contributed by atoms with E-state index in [1.807, 2.05) is 25.1 Å². The number of benzene rings is 1. The Balaban J connectivity index is 2.94. The molecule has 0 aliphatic heterocycles. The van der Waals surface area contributed by atoms with Crippen LogP contribution >= 0.6 is 15.9 Å². The van der Waals surface area contributed by atoms with E-state index in [1.165, 1.54) is 0 Å². The summed E-state index contributed by atoms with van der Waals surface area (Å²) in [5.41, 5.74) is 8.69. The summed E-state index contributed by atoms with van der Waals surface area (Å²) in [6.45, 7) is 2.03. The lowest BCUT2D eigenvalue weighted by molar-refractivity contribution is 1.35. The van der Waals surface area contributed by atoms with Gasteiger partial charge in [0.2, 0.25) is 0 Å². The van der Waals surface area contributed by atoms with Gasteiger partial charge in [0.25, 0.3) is 0 Å². The van der Waals surface area contributed by atoms with Crippen molar-refractivity contribution in [3.8, 4) is 0 Å². The Morgan fingerprint density at radius 3 is 2.85 bits per heavy atom. The zero-order chi connectivity index (χ0) is 9.42. The topological polar surface area (TPSA) is 38.9 Å². The van der Waals surface area contributed by atoms with Crippen molar-refractivity contribution < 1.29 is 0 Å². The number of halogens is 1. The highest BCUT2D eigenvalue weighted by molar-refractivity contribution is 9.10. The highest BCUT2D eigenvalue weighted by atomic mass is 79.9. The van der Waals surface area contributed by atoms with Crippen LogP contribution in [0.4, 0.5) is 5.69 Å². The fraction of sp³-hybridized carbons (Fsp3) is 0.100. The fourth-order valence-electron chi connectivity index (χ4n) is 1.36. The van der Waals surface area contributed by atoms with E-state index < -0.39 is 0 Å². The molecule has 0 aliphatic carbocycles. The van der Waals surface area contributed by atoms with Gasteiger partial charge in [0, 0.05) is 21.7 Å². The zero-order valence-electron chi connectivity index (χ0n) is 7.21. The van der Waals surface area contributed by atoms with Crippen LogP contribution in [0.15, 0.2) is 28.9 Å². The van der Waals surface area contributed by atoms with Gasteiger partial charge in [-0.05, 0) is 30.7 Å². The van der Waals surface area contributed by atoms with Crippen molar-refractivity contribution in [3.05, 3.63) is 34.4 Å². The van der Waals surface area contributed by atoms with E-state index in [9.17, 15) is 0 Å². The molecule has 66 valence electrons. The molecule has 13 heavy (non-hydrogen) atoms. The van der Waals surface area contributed by atoms with E-state index in [2.05, 4.69) is 20.9 Å². The molecule has 1 aromatic carbocycles. The molecule has 0 saturated heterocycles. The fourth-order valence-corrected chi connectivity index (χ4v) is 1.68. The largest absolute Gasteiger partial charge is 0.398 e. The first-order chi connectivity index (χ1) is 6.20. The number of anilines is 1. The normalized spacial score (nSPS) is 10.6. The second-order valence-corrected chi connectivity index (χ2v) is 3.82. The van der Waals surface area contributed by atoms with Gasteiger partial charge in [-0.25, -0.2) is 0 Å². The third kappa shape index (κ3) is 1.29. The molecule has 2 N–H and O–H groups in total. The Hall–Kier alpha value is -1.09. The molecule has 1 aromatic heterocycles. The number of nitrogen functional groups attached to an aromatic ring is 1. The van der Waals surface area contributed by atoms with Crippen LogP contribution in [-0.4, -0.2) is 4.98 Å². The average molecular weight is 237 g/mol.